The zero-order valence-corrected chi connectivity index (χ0v) is 11.4. The predicted octanol–water partition coefficient (Wildman–Crippen LogP) is 3.05. The van der Waals surface area contributed by atoms with E-state index >= 15 is 0 Å². The average molecular weight is 306 g/mol. The fraction of sp³-hybridized carbons (Fsp3) is 0.500. The van der Waals surface area contributed by atoms with Crippen LogP contribution < -0.4 is 5.32 Å². The Bertz CT molecular complexity index is 336. The number of benzene rings is 1. The van der Waals surface area contributed by atoms with Crippen LogP contribution >= 0.6 is 15.9 Å². The minimum Gasteiger partial charge on any atom is -0.384 e. The number of halogens is 2. The average Bonchev–Trinajstić information content (AvgIpc) is 2.30. The third-order valence-corrected chi connectivity index (χ3v) is 2.80. The lowest BCUT2D eigenvalue weighted by Crippen LogP contribution is -2.08. The first-order valence-corrected chi connectivity index (χ1v) is 6.29. The van der Waals surface area contributed by atoms with Crippen molar-refractivity contribution in [3.63, 3.8) is 0 Å². The molecule has 0 spiro atoms. The SMILES string of the molecule is COCCOCCCNc1ccc(F)cc1Br. The van der Waals surface area contributed by atoms with Gasteiger partial charge in [0.2, 0.25) is 0 Å². The number of anilines is 1. The van der Waals surface area contributed by atoms with E-state index in [1.165, 1.54) is 12.1 Å². The highest BCUT2D eigenvalue weighted by Crippen LogP contribution is 2.22. The van der Waals surface area contributed by atoms with Gasteiger partial charge in [-0.1, -0.05) is 0 Å². The fourth-order valence-corrected chi connectivity index (χ4v) is 1.77. The molecular formula is C12H17BrFNO2. The molecule has 0 amide bonds. The van der Waals surface area contributed by atoms with Crippen molar-refractivity contribution in [1.82, 2.24) is 0 Å². The van der Waals surface area contributed by atoms with E-state index in [0.29, 0.717) is 19.8 Å². The predicted molar refractivity (Wildman–Crippen MR) is 69.9 cm³/mol. The molecule has 1 rings (SSSR count). The summed E-state index contributed by atoms with van der Waals surface area (Å²) in [6.07, 6.45) is 0.896. The van der Waals surface area contributed by atoms with Crippen molar-refractivity contribution in [3.05, 3.63) is 28.5 Å². The Hall–Kier alpha value is -0.650. The van der Waals surface area contributed by atoms with Gasteiger partial charge in [-0.25, -0.2) is 4.39 Å². The first-order valence-electron chi connectivity index (χ1n) is 5.49. The summed E-state index contributed by atoms with van der Waals surface area (Å²) in [5.41, 5.74) is 0.892. The monoisotopic (exact) mass is 305 g/mol. The summed E-state index contributed by atoms with van der Waals surface area (Å²) in [6, 6.07) is 4.59. The molecule has 0 heterocycles. The third-order valence-electron chi connectivity index (χ3n) is 2.14. The Morgan fingerprint density at radius 2 is 2.12 bits per heavy atom. The molecule has 0 bridgehead atoms. The molecule has 0 aromatic heterocycles. The van der Waals surface area contributed by atoms with E-state index in [1.807, 2.05) is 0 Å². The molecule has 0 saturated carbocycles. The van der Waals surface area contributed by atoms with E-state index in [9.17, 15) is 4.39 Å². The number of rotatable bonds is 8. The van der Waals surface area contributed by atoms with Crippen LogP contribution in [0.15, 0.2) is 22.7 Å². The molecule has 0 saturated heterocycles. The van der Waals surface area contributed by atoms with Gasteiger partial charge in [-0.2, -0.15) is 0 Å². The minimum atomic E-state index is -0.245. The van der Waals surface area contributed by atoms with Gasteiger partial charge in [0, 0.05) is 30.4 Å². The van der Waals surface area contributed by atoms with Gasteiger partial charge in [0.25, 0.3) is 0 Å². The quantitative estimate of drug-likeness (QED) is 0.749. The van der Waals surface area contributed by atoms with E-state index < -0.39 is 0 Å². The molecule has 0 aliphatic carbocycles. The van der Waals surface area contributed by atoms with Crippen LogP contribution in [0.3, 0.4) is 0 Å². The van der Waals surface area contributed by atoms with Crippen molar-refractivity contribution in [2.24, 2.45) is 0 Å². The molecular weight excluding hydrogens is 289 g/mol. The number of ether oxygens (including phenoxy) is 2. The third kappa shape index (κ3) is 6.00. The van der Waals surface area contributed by atoms with E-state index in [0.717, 1.165) is 23.1 Å². The maximum atomic E-state index is 12.8. The van der Waals surface area contributed by atoms with Crippen molar-refractivity contribution >= 4 is 21.6 Å². The molecule has 0 fully saturated rings. The van der Waals surface area contributed by atoms with Crippen molar-refractivity contribution < 1.29 is 13.9 Å². The molecule has 96 valence electrons. The molecule has 0 unspecified atom stereocenters. The molecule has 17 heavy (non-hydrogen) atoms. The lowest BCUT2D eigenvalue weighted by Gasteiger charge is -2.08. The second-order valence-corrected chi connectivity index (χ2v) is 4.36. The Kier molecular flexibility index (Phi) is 7.16. The topological polar surface area (TPSA) is 30.5 Å². The highest BCUT2D eigenvalue weighted by Gasteiger charge is 2.00. The van der Waals surface area contributed by atoms with Crippen LogP contribution in [-0.4, -0.2) is 33.5 Å². The van der Waals surface area contributed by atoms with E-state index in [1.54, 1.807) is 13.2 Å². The van der Waals surface area contributed by atoms with Crippen molar-refractivity contribution in [2.75, 3.05) is 38.8 Å². The van der Waals surface area contributed by atoms with E-state index in [-0.39, 0.29) is 5.82 Å². The molecule has 0 aliphatic rings. The van der Waals surface area contributed by atoms with Crippen molar-refractivity contribution in [2.45, 2.75) is 6.42 Å². The number of nitrogens with one attached hydrogen (secondary N) is 1. The Labute approximate surface area is 109 Å². The van der Waals surface area contributed by atoms with Crippen LogP contribution in [0.1, 0.15) is 6.42 Å². The summed E-state index contributed by atoms with van der Waals surface area (Å²) in [7, 11) is 1.65. The summed E-state index contributed by atoms with van der Waals surface area (Å²) in [6.45, 7) is 2.72. The lowest BCUT2D eigenvalue weighted by molar-refractivity contribution is 0.0705. The first-order chi connectivity index (χ1) is 8.24. The van der Waals surface area contributed by atoms with Gasteiger partial charge in [-0.05, 0) is 40.5 Å². The maximum Gasteiger partial charge on any atom is 0.124 e. The summed E-state index contributed by atoms with van der Waals surface area (Å²) < 4.78 is 23.7. The minimum absolute atomic E-state index is 0.245. The first kappa shape index (κ1) is 14.4. The molecule has 1 aromatic carbocycles. The van der Waals surface area contributed by atoms with Gasteiger partial charge >= 0.3 is 0 Å². The van der Waals surface area contributed by atoms with E-state index in [4.69, 9.17) is 9.47 Å². The van der Waals surface area contributed by atoms with Crippen LogP contribution in [0.25, 0.3) is 0 Å². The summed E-state index contributed by atoms with van der Waals surface area (Å²) in [4.78, 5) is 0. The van der Waals surface area contributed by atoms with Crippen LogP contribution in [0, 0.1) is 5.82 Å². The maximum absolute atomic E-state index is 12.8. The van der Waals surface area contributed by atoms with Crippen LogP contribution in [0.5, 0.6) is 0 Å². The van der Waals surface area contributed by atoms with Crippen molar-refractivity contribution in [1.29, 1.82) is 0 Å². The highest BCUT2D eigenvalue weighted by molar-refractivity contribution is 9.10. The van der Waals surface area contributed by atoms with Gasteiger partial charge in [-0.3, -0.25) is 0 Å². The number of methoxy groups -OCH3 is 1. The van der Waals surface area contributed by atoms with E-state index in [2.05, 4.69) is 21.2 Å². The molecule has 5 heteroatoms. The van der Waals surface area contributed by atoms with Crippen LogP contribution in [0.2, 0.25) is 0 Å². The Morgan fingerprint density at radius 1 is 1.29 bits per heavy atom. The normalized spacial score (nSPS) is 10.5. The van der Waals surface area contributed by atoms with Gasteiger partial charge < -0.3 is 14.8 Å². The summed E-state index contributed by atoms with van der Waals surface area (Å²) in [5.74, 6) is -0.245. The van der Waals surface area contributed by atoms with Gasteiger partial charge in [-0.15, -0.1) is 0 Å². The lowest BCUT2D eigenvalue weighted by atomic mass is 10.3. The second kappa shape index (κ2) is 8.44. The van der Waals surface area contributed by atoms with Crippen LogP contribution in [-0.2, 0) is 9.47 Å². The number of hydrogen-bond donors (Lipinski definition) is 1. The summed E-state index contributed by atoms with van der Waals surface area (Å²) >= 11 is 3.30. The van der Waals surface area contributed by atoms with Gasteiger partial charge in [0.1, 0.15) is 5.82 Å². The summed E-state index contributed by atoms with van der Waals surface area (Å²) in [5, 5.41) is 3.21. The van der Waals surface area contributed by atoms with Crippen LogP contribution in [0.4, 0.5) is 10.1 Å². The Balaban J connectivity index is 2.14. The highest BCUT2D eigenvalue weighted by atomic mass is 79.9. The second-order valence-electron chi connectivity index (χ2n) is 3.51. The molecule has 1 N–H and O–H groups in total. The smallest absolute Gasteiger partial charge is 0.124 e. The molecule has 3 nitrogen and oxygen atoms in total. The van der Waals surface area contributed by atoms with Gasteiger partial charge in [0.05, 0.1) is 13.2 Å². The largest absolute Gasteiger partial charge is 0.384 e. The zero-order chi connectivity index (χ0) is 12.5. The Morgan fingerprint density at radius 3 is 2.82 bits per heavy atom. The molecule has 0 atom stereocenters. The molecule has 1 aromatic rings. The number of hydrogen-bond acceptors (Lipinski definition) is 3. The fourth-order valence-electron chi connectivity index (χ4n) is 1.27. The van der Waals surface area contributed by atoms with Gasteiger partial charge in [0.15, 0.2) is 0 Å². The molecule has 0 aliphatic heterocycles. The van der Waals surface area contributed by atoms with Crippen molar-refractivity contribution in [3.8, 4) is 0 Å². The zero-order valence-electron chi connectivity index (χ0n) is 9.84. The standard InChI is InChI=1S/C12H17BrFNO2/c1-16-7-8-17-6-2-5-15-12-4-3-10(14)9-11(12)13/h3-4,9,15H,2,5-8H2,1H3. The molecule has 0 radical (unpaired) electrons.